The first-order chi connectivity index (χ1) is 16.0. The number of carbonyl (C=O) groups is 5. The lowest BCUT2D eigenvalue weighted by atomic mass is 9.89. The number of oxime groups is 1. The van der Waals surface area contributed by atoms with Gasteiger partial charge in [0.1, 0.15) is 15.8 Å². The Balaban J connectivity index is 1.60. The predicted octanol–water partition coefficient (Wildman–Crippen LogP) is -2.06. The summed E-state index contributed by atoms with van der Waals surface area (Å²) < 4.78 is 17.7. The normalized spacial score (nSPS) is 30.1. The zero-order valence-corrected chi connectivity index (χ0v) is 19.0. The van der Waals surface area contributed by atoms with Gasteiger partial charge >= 0.3 is 17.9 Å². The fraction of sp³-hybridized carbons (Fsp3) is 0.438. The number of thiazole rings is 1. The topological polar surface area (TPSA) is 234 Å². The Morgan fingerprint density at radius 3 is 2.74 bits per heavy atom. The number of anilines is 1. The number of hydrogen-bond donors (Lipinski definition) is 4. The number of rotatable bonds is 7. The largest absolute Gasteiger partial charge is 0.615 e. The molecule has 1 aromatic rings. The Morgan fingerprint density at radius 2 is 2.15 bits per heavy atom. The van der Waals surface area contributed by atoms with E-state index in [1.165, 1.54) is 0 Å². The Bertz CT molecular complexity index is 1140. The van der Waals surface area contributed by atoms with Gasteiger partial charge in [-0.25, -0.2) is 19.5 Å². The number of fused-ring (bicyclic) bond motifs is 3. The zero-order valence-electron chi connectivity index (χ0n) is 16.6. The van der Waals surface area contributed by atoms with Crippen LogP contribution in [-0.2, 0) is 44.7 Å². The molecule has 34 heavy (non-hydrogen) atoms. The first-order valence-electron chi connectivity index (χ1n) is 9.27. The van der Waals surface area contributed by atoms with Crippen LogP contribution in [0, 0.1) is 5.92 Å². The van der Waals surface area contributed by atoms with Crippen molar-refractivity contribution in [2.75, 3.05) is 18.1 Å². The number of nitrogens with two attached hydrogens (primary N) is 1. The molecule has 0 saturated carbocycles. The molecule has 5 atom stereocenters. The van der Waals surface area contributed by atoms with E-state index in [2.05, 4.69) is 20.3 Å². The molecule has 5 N–H and O–H groups in total. The number of halogens is 1. The van der Waals surface area contributed by atoms with Gasteiger partial charge in [0.2, 0.25) is 12.0 Å². The molecule has 0 aliphatic carbocycles. The molecule has 4 rings (SSSR count). The number of esters is 1. The van der Waals surface area contributed by atoms with Gasteiger partial charge in [-0.1, -0.05) is 28.1 Å². The van der Waals surface area contributed by atoms with Crippen molar-refractivity contribution in [3.8, 4) is 0 Å². The van der Waals surface area contributed by atoms with Crippen LogP contribution in [0.4, 0.5) is 5.13 Å². The Labute approximate surface area is 201 Å². The summed E-state index contributed by atoms with van der Waals surface area (Å²) in [5.74, 6) is -7.19. The maximum atomic E-state index is 12.9. The van der Waals surface area contributed by atoms with E-state index in [1.54, 1.807) is 0 Å². The van der Waals surface area contributed by atoms with Crippen LogP contribution in [0.2, 0.25) is 4.34 Å². The number of aromatic nitrogens is 1. The maximum Gasteiger partial charge on any atom is 0.371 e. The Hall–Kier alpha value is -3.15. The maximum absolute atomic E-state index is 12.9. The van der Waals surface area contributed by atoms with Crippen LogP contribution >= 0.6 is 22.9 Å². The molecule has 18 heteroatoms. The highest BCUT2D eigenvalue weighted by Crippen LogP contribution is 2.48. The first-order valence-corrected chi connectivity index (χ1v) is 11.9. The van der Waals surface area contributed by atoms with Gasteiger partial charge < -0.3 is 35.4 Å². The number of nitrogens with one attached hydrogen (secondary N) is 1. The lowest BCUT2D eigenvalue weighted by Crippen LogP contribution is -2.84. The summed E-state index contributed by atoms with van der Waals surface area (Å²) in [6.07, 6.45) is -0.326. The van der Waals surface area contributed by atoms with Gasteiger partial charge in [-0.3, -0.25) is 14.4 Å². The van der Waals surface area contributed by atoms with E-state index in [9.17, 15) is 33.6 Å². The summed E-state index contributed by atoms with van der Waals surface area (Å²) >= 11 is 4.95. The molecule has 182 valence electrons. The Morgan fingerprint density at radius 1 is 1.44 bits per heavy atom. The molecule has 3 aliphatic heterocycles. The lowest BCUT2D eigenvalue weighted by molar-refractivity contribution is -0.216. The van der Waals surface area contributed by atoms with Gasteiger partial charge in [-0.2, -0.15) is 0 Å². The van der Waals surface area contributed by atoms with Crippen molar-refractivity contribution in [2.45, 2.75) is 23.6 Å². The number of nitrogen functional groups attached to an aromatic ring is 1. The highest BCUT2D eigenvalue weighted by atomic mass is 35.5. The highest BCUT2D eigenvalue weighted by Gasteiger charge is 2.76. The van der Waals surface area contributed by atoms with Crippen molar-refractivity contribution in [3.63, 3.8) is 0 Å². The third kappa shape index (κ3) is 3.69. The molecular weight excluding hydrogens is 522 g/mol. The van der Waals surface area contributed by atoms with Crippen molar-refractivity contribution in [2.24, 2.45) is 11.1 Å². The van der Waals surface area contributed by atoms with Crippen molar-refractivity contribution in [1.82, 2.24) is 15.2 Å². The monoisotopic (exact) mass is 535 g/mol. The number of carbonyl (C=O) groups excluding carboxylic acids is 3. The highest BCUT2D eigenvalue weighted by molar-refractivity contribution is 7.92. The summed E-state index contributed by atoms with van der Waals surface area (Å²) in [6.45, 7) is -0.912. The van der Waals surface area contributed by atoms with E-state index < -0.39 is 76.3 Å². The molecule has 3 aliphatic rings. The van der Waals surface area contributed by atoms with Crippen LogP contribution in [0.5, 0.6) is 0 Å². The molecule has 0 unspecified atom stereocenters. The van der Waals surface area contributed by atoms with E-state index in [0.717, 1.165) is 11.3 Å². The predicted molar refractivity (Wildman–Crippen MR) is 112 cm³/mol. The summed E-state index contributed by atoms with van der Waals surface area (Å²) in [4.78, 5) is 69.5. The van der Waals surface area contributed by atoms with E-state index in [1.807, 2.05) is 0 Å². The summed E-state index contributed by atoms with van der Waals surface area (Å²) in [5.41, 5.74) is 2.37. The molecule has 0 bridgehead atoms. The Kier molecular flexibility index (Phi) is 6.05. The van der Waals surface area contributed by atoms with Crippen LogP contribution < -0.4 is 11.1 Å². The number of ether oxygens (including phenoxy) is 1. The fourth-order valence-corrected chi connectivity index (χ4v) is 6.76. The summed E-state index contributed by atoms with van der Waals surface area (Å²) in [7, 11) is 0. The average Bonchev–Trinajstić information content (AvgIpc) is 3.25. The van der Waals surface area contributed by atoms with Crippen molar-refractivity contribution < 1.29 is 48.3 Å². The number of β-lactam (4-membered cyclic amide) rings is 1. The summed E-state index contributed by atoms with van der Waals surface area (Å²) in [5, 5.41) is 22.8. The number of nitrogens with zero attached hydrogens (tertiary/aromatic N) is 3. The van der Waals surface area contributed by atoms with Gasteiger partial charge in [0.15, 0.2) is 16.9 Å². The molecular formula is C16H14ClN5O10S2. The molecule has 4 heterocycles. The van der Waals surface area contributed by atoms with E-state index in [4.69, 9.17) is 27.2 Å². The third-order valence-electron chi connectivity index (χ3n) is 5.25. The van der Waals surface area contributed by atoms with Crippen molar-refractivity contribution in [3.05, 3.63) is 10.0 Å². The standard InChI is InChI=1S/C16H14ClN5O10S2/c17-10-7(20-15(18)33-10)8(21-31-2-5(23)24)11(26)19-9-12(27)22-13(9)34(30)3-4-1-6(25)32-16(4,22)14(28)29/h4,9,13H,1-3H2,(H2,18,20)(H,19,26)(H,23,24)(H,28,29)/b21-8-/t4-,9+,13+,16+,34-/m0/s1. The van der Waals surface area contributed by atoms with Gasteiger partial charge in [0.25, 0.3) is 17.5 Å². The number of amides is 2. The third-order valence-corrected chi connectivity index (χ3v) is 8.09. The first kappa shape index (κ1) is 24.0. The molecule has 15 nitrogen and oxygen atoms in total. The van der Waals surface area contributed by atoms with Gasteiger partial charge in [-0.15, -0.1) is 0 Å². The van der Waals surface area contributed by atoms with Crippen LogP contribution in [0.25, 0.3) is 0 Å². The number of carboxylic acid groups (broad SMARTS) is 2. The smallest absolute Gasteiger partial charge is 0.371 e. The van der Waals surface area contributed by atoms with Crippen LogP contribution in [-0.4, -0.2) is 89.6 Å². The van der Waals surface area contributed by atoms with Gasteiger partial charge in [0.05, 0.1) is 12.3 Å². The van der Waals surface area contributed by atoms with Crippen LogP contribution in [0.3, 0.4) is 0 Å². The van der Waals surface area contributed by atoms with Crippen molar-refractivity contribution in [1.29, 1.82) is 0 Å². The summed E-state index contributed by atoms with van der Waals surface area (Å²) in [6, 6.07) is -1.47. The van der Waals surface area contributed by atoms with Crippen LogP contribution in [0.15, 0.2) is 5.16 Å². The van der Waals surface area contributed by atoms with Gasteiger partial charge in [0, 0.05) is 0 Å². The minimum absolute atomic E-state index is 0.0458. The van der Waals surface area contributed by atoms with E-state index >= 15 is 0 Å². The average molecular weight is 536 g/mol. The number of hydrogen-bond acceptors (Lipinski definition) is 12. The molecule has 0 aromatic carbocycles. The molecule has 0 spiro atoms. The number of aliphatic carboxylic acids is 2. The second-order valence-corrected chi connectivity index (χ2v) is 10.5. The molecule has 3 saturated heterocycles. The molecule has 2 amide bonds. The van der Waals surface area contributed by atoms with Gasteiger partial charge in [-0.05, 0) is 11.2 Å². The minimum Gasteiger partial charge on any atom is -0.615 e. The lowest BCUT2D eigenvalue weighted by Gasteiger charge is -2.55. The zero-order chi connectivity index (χ0) is 24.9. The minimum atomic E-state index is -2.32. The quantitative estimate of drug-likeness (QED) is 0.0969. The van der Waals surface area contributed by atoms with E-state index in [0.29, 0.717) is 4.90 Å². The SMILES string of the molecule is Nc1nc(/C(=N/OCC(=O)O)C(=O)N[C@@H]2C(=O)N3[C@@H]2[S@@+]([O-])C[C@@H]2CC(=O)O[C@@]23C(=O)O)c(Cl)s1. The fourth-order valence-electron chi connectivity index (χ4n) is 3.91. The second kappa shape index (κ2) is 8.57. The van der Waals surface area contributed by atoms with Crippen LogP contribution in [0.1, 0.15) is 12.1 Å². The molecule has 3 fully saturated rings. The molecule has 0 radical (unpaired) electrons. The second-order valence-electron chi connectivity index (χ2n) is 7.26. The van der Waals surface area contributed by atoms with Crippen molar-refractivity contribution >= 4 is 74.7 Å². The molecule has 1 aromatic heterocycles. The number of carboxylic acids is 2. The van der Waals surface area contributed by atoms with E-state index in [-0.39, 0.29) is 27.3 Å².